The van der Waals surface area contributed by atoms with Crippen molar-refractivity contribution in [2.45, 2.75) is 38.5 Å². The zero-order valence-corrected chi connectivity index (χ0v) is 15.6. The maximum absolute atomic E-state index is 11.6. The molecule has 140 valence electrons. The first-order chi connectivity index (χ1) is 13.0. The second-order valence-corrected chi connectivity index (χ2v) is 7.42. The predicted molar refractivity (Wildman–Crippen MR) is 110 cm³/mol. The van der Waals surface area contributed by atoms with Crippen LogP contribution in [0.25, 0.3) is 0 Å². The van der Waals surface area contributed by atoms with Gasteiger partial charge in [-0.15, -0.1) is 0 Å². The van der Waals surface area contributed by atoms with Crippen LogP contribution >= 0.6 is 0 Å². The number of fused-ring (bicyclic) bond motifs is 1. The van der Waals surface area contributed by atoms with Crippen LogP contribution in [0.3, 0.4) is 0 Å². The molecule has 1 saturated heterocycles. The van der Waals surface area contributed by atoms with Crippen molar-refractivity contribution in [3.8, 4) is 0 Å². The summed E-state index contributed by atoms with van der Waals surface area (Å²) in [6.07, 6.45) is 5.54. The molecule has 0 aromatic heterocycles. The van der Waals surface area contributed by atoms with Crippen molar-refractivity contribution < 1.29 is 9.90 Å². The number of anilines is 3. The van der Waals surface area contributed by atoms with Crippen molar-refractivity contribution >= 4 is 23.0 Å². The molecule has 0 saturated carbocycles. The van der Waals surface area contributed by atoms with Gasteiger partial charge in [0.25, 0.3) is 0 Å². The van der Waals surface area contributed by atoms with E-state index >= 15 is 0 Å². The first-order valence-corrected chi connectivity index (χ1v) is 9.45. The molecule has 0 aliphatic carbocycles. The van der Waals surface area contributed by atoms with Crippen LogP contribution in [-0.4, -0.2) is 29.3 Å². The average Bonchev–Trinajstić information content (AvgIpc) is 3.20. The Morgan fingerprint density at radius 3 is 2.33 bits per heavy atom. The van der Waals surface area contributed by atoms with E-state index in [4.69, 9.17) is 0 Å². The normalized spacial score (nSPS) is 24.7. The number of hydrogen-bond donors (Lipinski definition) is 3. The average molecular weight is 363 g/mol. The second-order valence-electron chi connectivity index (χ2n) is 7.42. The highest BCUT2D eigenvalue weighted by Gasteiger charge is 2.36. The van der Waals surface area contributed by atoms with Gasteiger partial charge in [0, 0.05) is 12.1 Å². The molecule has 27 heavy (non-hydrogen) atoms. The number of carboxylic acids is 1. The number of para-hydroxylation sites is 3. The summed E-state index contributed by atoms with van der Waals surface area (Å²) in [6, 6.07) is 16.0. The monoisotopic (exact) mass is 363 g/mol. The van der Waals surface area contributed by atoms with Crippen molar-refractivity contribution in [1.82, 2.24) is 0 Å². The number of aromatic carboxylic acids is 1. The van der Waals surface area contributed by atoms with E-state index in [1.54, 1.807) is 12.1 Å². The summed E-state index contributed by atoms with van der Waals surface area (Å²) in [5.74, 6) is -0.504. The van der Waals surface area contributed by atoms with Gasteiger partial charge in [0.05, 0.1) is 22.6 Å². The van der Waals surface area contributed by atoms with Gasteiger partial charge in [0.1, 0.15) is 6.17 Å². The van der Waals surface area contributed by atoms with E-state index < -0.39 is 5.97 Å². The topological polar surface area (TPSA) is 64.6 Å². The van der Waals surface area contributed by atoms with Crippen molar-refractivity contribution in [2.75, 3.05) is 15.5 Å². The zero-order chi connectivity index (χ0) is 19.0. The highest BCUT2D eigenvalue weighted by molar-refractivity contribution is 5.94. The van der Waals surface area contributed by atoms with Gasteiger partial charge in [-0.1, -0.05) is 30.3 Å². The fourth-order valence-corrected chi connectivity index (χ4v) is 4.34. The highest BCUT2D eigenvalue weighted by atomic mass is 16.4. The molecular formula is C22H25N3O2. The number of hydrogen-bond acceptors (Lipinski definition) is 4. The van der Waals surface area contributed by atoms with Gasteiger partial charge in [-0.25, -0.2) is 4.79 Å². The van der Waals surface area contributed by atoms with Gasteiger partial charge >= 0.3 is 5.97 Å². The van der Waals surface area contributed by atoms with Crippen molar-refractivity contribution in [2.24, 2.45) is 5.92 Å². The van der Waals surface area contributed by atoms with E-state index in [0.29, 0.717) is 11.5 Å². The van der Waals surface area contributed by atoms with Crippen LogP contribution < -0.4 is 15.5 Å². The summed E-state index contributed by atoms with van der Waals surface area (Å²) >= 11 is 0. The van der Waals surface area contributed by atoms with Crippen LogP contribution in [0.4, 0.5) is 17.1 Å². The molecule has 0 spiro atoms. The molecule has 0 radical (unpaired) electrons. The predicted octanol–water partition coefficient (Wildman–Crippen LogP) is 4.41. The SMILES string of the molecule is CC1CC(/C=C\C2Nc3ccccc3N2)C(C)N1c1ccccc1C(=O)O. The lowest BCUT2D eigenvalue weighted by atomic mass is 9.99. The van der Waals surface area contributed by atoms with E-state index in [0.717, 1.165) is 23.5 Å². The molecule has 0 bridgehead atoms. The number of nitrogens with zero attached hydrogens (tertiary/aromatic N) is 1. The molecule has 4 rings (SSSR count). The lowest BCUT2D eigenvalue weighted by Gasteiger charge is -2.30. The number of carbonyl (C=O) groups is 1. The number of nitrogens with one attached hydrogen (secondary N) is 2. The Labute approximate surface area is 159 Å². The molecule has 2 aromatic carbocycles. The van der Waals surface area contributed by atoms with Crippen molar-refractivity contribution in [3.63, 3.8) is 0 Å². The molecule has 2 aliphatic heterocycles. The minimum absolute atomic E-state index is 0.0882. The van der Waals surface area contributed by atoms with Crippen LogP contribution in [0.1, 0.15) is 30.6 Å². The molecule has 3 unspecified atom stereocenters. The fourth-order valence-electron chi connectivity index (χ4n) is 4.34. The van der Waals surface area contributed by atoms with Crippen LogP contribution in [0, 0.1) is 5.92 Å². The van der Waals surface area contributed by atoms with Gasteiger partial charge in [0.2, 0.25) is 0 Å². The Balaban J connectivity index is 1.50. The van der Waals surface area contributed by atoms with Gasteiger partial charge in [-0.3, -0.25) is 0 Å². The van der Waals surface area contributed by atoms with E-state index in [2.05, 4.69) is 53.7 Å². The number of rotatable bonds is 4. The lowest BCUT2D eigenvalue weighted by molar-refractivity contribution is 0.0697. The largest absolute Gasteiger partial charge is 0.478 e. The van der Waals surface area contributed by atoms with Crippen LogP contribution in [0.5, 0.6) is 0 Å². The summed E-state index contributed by atoms with van der Waals surface area (Å²) in [5, 5.41) is 16.5. The Bertz CT molecular complexity index is 854. The number of benzene rings is 2. The Kier molecular flexibility index (Phi) is 4.52. The minimum atomic E-state index is -0.874. The van der Waals surface area contributed by atoms with Crippen molar-refractivity contribution in [1.29, 1.82) is 0 Å². The van der Waals surface area contributed by atoms with E-state index in [1.165, 1.54) is 0 Å². The standard InChI is InChI=1S/C22H25N3O2/c1-14-13-16(11-12-21-23-18-8-4-5-9-19(18)24-21)15(2)25(14)20-10-6-3-7-17(20)22(26)27/h3-12,14-16,21,23-24H,13H2,1-2H3,(H,26,27)/b12-11-. The maximum Gasteiger partial charge on any atom is 0.337 e. The first kappa shape index (κ1) is 17.5. The molecule has 3 atom stereocenters. The van der Waals surface area contributed by atoms with Crippen LogP contribution in [0.2, 0.25) is 0 Å². The number of carboxylic acid groups (broad SMARTS) is 1. The fraction of sp³-hybridized carbons (Fsp3) is 0.318. The minimum Gasteiger partial charge on any atom is -0.478 e. The van der Waals surface area contributed by atoms with E-state index in [-0.39, 0.29) is 18.2 Å². The summed E-state index contributed by atoms with van der Waals surface area (Å²) in [4.78, 5) is 13.9. The van der Waals surface area contributed by atoms with Gasteiger partial charge in [0.15, 0.2) is 0 Å². The molecule has 2 heterocycles. The molecular weight excluding hydrogens is 338 g/mol. The Morgan fingerprint density at radius 1 is 1.04 bits per heavy atom. The van der Waals surface area contributed by atoms with Gasteiger partial charge in [-0.05, 0) is 56.5 Å². The van der Waals surface area contributed by atoms with Crippen molar-refractivity contribution in [3.05, 3.63) is 66.2 Å². The molecule has 1 fully saturated rings. The molecule has 3 N–H and O–H groups in total. The Hall–Kier alpha value is -2.95. The second kappa shape index (κ2) is 6.99. The smallest absolute Gasteiger partial charge is 0.337 e. The third-order valence-corrected chi connectivity index (χ3v) is 5.66. The highest BCUT2D eigenvalue weighted by Crippen LogP contribution is 2.37. The van der Waals surface area contributed by atoms with E-state index in [9.17, 15) is 9.90 Å². The summed E-state index contributed by atoms with van der Waals surface area (Å²) in [7, 11) is 0. The Morgan fingerprint density at radius 2 is 1.67 bits per heavy atom. The quantitative estimate of drug-likeness (QED) is 0.703. The van der Waals surface area contributed by atoms with Gasteiger partial charge in [-0.2, -0.15) is 0 Å². The molecule has 2 aliphatic rings. The molecule has 2 aromatic rings. The maximum atomic E-state index is 11.6. The summed E-state index contributed by atoms with van der Waals surface area (Å²) < 4.78 is 0. The molecule has 0 amide bonds. The molecule has 5 nitrogen and oxygen atoms in total. The van der Waals surface area contributed by atoms with E-state index in [1.807, 2.05) is 24.3 Å². The van der Waals surface area contributed by atoms with Crippen LogP contribution in [-0.2, 0) is 0 Å². The van der Waals surface area contributed by atoms with Gasteiger partial charge < -0.3 is 20.6 Å². The zero-order valence-electron chi connectivity index (χ0n) is 15.6. The summed E-state index contributed by atoms with van der Waals surface area (Å²) in [6.45, 7) is 4.35. The third kappa shape index (κ3) is 3.25. The van der Waals surface area contributed by atoms with Crippen LogP contribution in [0.15, 0.2) is 60.7 Å². The summed E-state index contributed by atoms with van der Waals surface area (Å²) in [5.41, 5.74) is 3.43. The third-order valence-electron chi connectivity index (χ3n) is 5.66. The lowest BCUT2D eigenvalue weighted by Crippen LogP contribution is -2.35. The molecule has 5 heteroatoms. The first-order valence-electron chi connectivity index (χ1n) is 9.45.